The molecule has 3 N–H and O–H groups in total. The number of nitrogens with two attached hydrogens (primary N) is 1. The standard InChI is InChI=1S/C23H22ClFN2O4S/c1-14(2)31-20-9-5-7-18(23(20)25)17-11-10-16(13-21(17)32(26,29)30)27-22(28)12-15-6-3-4-8-19(15)24/h3-11,13-14H,12H2,1-2H3,(H,27,28)(H2,26,29,30). The highest BCUT2D eigenvalue weighted by molar-refractivity contribution is 7.89. The number of hydrogen-bond donors (Lipinski definition) is 2. The van der Waals surface area contributed by atoms with Crippen LogP contribution in [0.1, 0.15) is 19.4 Å². The highest BCUT2D eigenvalue weighted by Crippen LogP contribution is 2.35. The lowest BCUT2D eigenvalue weighted by Crippen LogP contribution is -2.17. The van der Waals surface area contributed by atoms with Crippen molar-refractivity contribution in [3.63, 3.8) is 0 Å². The molecule has 6 nitrogen and oxygen atoms in total. The Labute approximate surface area is 191 Å². The predicted octanol–water partition coefficient (Wildman–Crippen LogP) is 4.76. The Morgan fingerprint density at radius 1 is 1.09 bits per heavy atom. The molecule has 0 aromatic heterocycles. The zero-order valence-corrected chi connectivity index (χ0v) is 19.0. The Morgan fingerprint density at radius 2 is 1.81 bits per heavy atom. The average Bonchev–Trinajstić information content (AvgIpc) is 2.70. The van der Waals surface area contributed by atoms with Crippen molar-refractivity contribution < 1.29 is 22.3 Å². The lowest BCUT2D eigenvalue weighted by molar-refractivity contribution is -0.115. The molecule has 168 valence electrons. The van der Waals surface area contributed by atoms with E-state index in [-0.39, 0.29) is 40.0 Å². The molecule has 3 rings (SSSR count). The van der Waals surface area contributed by atoms with Crippen molar-refractivity contribution in [2.45, 2.75) is 31.3 Å². The molecule has 3 aromatic carbocycles. The smallest absolute Gasteiger partial charge is 0.238 e. The summed E-state index contributed by atoms with van der Waals surface area (Å²) in [5, 5.41) is 8.47. The van der Waals surface area contributed by atoms with Gasteiger partial charge in [0.1, 0.15) is 0 Å². The van der Waals surface area contributed by atoms with Gasteiger partial charge in [-0.25, -0.2) is 17.9 Å². The Kier molecular flexibility index (Phi) is 7.18. The normalized spacial score (nSPS) is 11.4. The van der Waals surface area contributed by atoms with E-state index in [4.69, 9.17) is 21.5 Å². The van der Waals surface area contributed by atoms with Gasteiger partial charge in [-0.15, -0.1) is 0 Å². The first-order valence-electron chi connectivity index (χ1n) is 9.72. The second-order valence-corrected chi connectivity index (χ2v) is 9.29. The molecular formula is C23H22ClFN2O4S. The summed E-state index contributed by atoms with van der Waals surface area (Å²) in [5.74, 6) is -1.11. The lowest BCUT2D eigenvalue weighted by Gasteiger charge is -2.15. The molecule has 9 heteroatoms. The fourth-order valence-corrected chi connectivity index (χ4v) is 4.12. The fraction of sp³-hybridized carbons (Fsp3) is 0.174. The quantitative estimate of drug-likeness (QED) is 0.513. The van der Waals surface area contributed by atoms with E-state index >= 15 is 4.39 Å². The number of hydrogen-bond acceptors (Lipinski definition) is 4. The minimum Gasteiger partial charge on any atom is -0.488 e. The van der Waals surface area contributed by atoms with E-state index in [1.165, 1.54) is 30.3 Å². The molecule has 0 radical (unpaired) electrons. The van der Waals surface area contributed by atoms with Gasteiger partial charge in [0, 0.05) is 21.8 Å². The van der Waals surface area contributed by atoms with Crippen molar-refractivity contribution in [1.29, 1.82) is 0 Å². The van der Waals surface area contributed by atoms with Gasteiger partial charge in [-0.1, -0.05) is 48.0 Å². The average molecular weight is 477 g/mol. The summed E-state index contributed by atoms with van der Waals surface area (Å²) in [7, 11) is -4.24. The van der Waals surface area contributed by atoms with Crippen molar-refractivity contribution in [3.05, 3.63) is 77.1 Å². The Morgan fingerprint density at radius 3 is 2.47 bits per heavy atom. The molecule has 0 bridgehead atoms. The van der Waals surface area contributed by atoms with E-state index in [2.05, 4.69) is 5.32 Å². The number of ether oxygens (including phenoxy) is 1. The summed E-state index contributed by atoms with van der Waals surface area (Å²) in [5.41, 5.74) is 0.897. The first-order chi connectivity index (χ1) is 15.1. The van der Waals surface area contributed by atoms with Crippen molar-refractivity contribution in [3.8, 4) is 16.9 Å². The van der Waals surface area contributed by atoms with E-state index < -0.39 is 21.7 Å². The van der Waals surface area contributed by atoms with Crippen LogP contribution in [0.25, 0.3) is 11.1 Å². The van der Waals surface area contributed by atoms with E-state index in [0.29, 0.717) is 10.6 Å². The zero-order valence-electron chi connectivity index (χ0n) is 17.4. The van der Waals surface area contributed by atoms with Crippen LogP contribution in [0.3, 0.4) is 0 Å². The number of carbonyl (C=O) groups is 1. The van der Waals surface area contributed by atoms with E-state index in [9.17, 15) is 13.2 Å². The molecule has 0 saturated heterocycles. The largest absolute Gasteiger partial charge is 0.488 e. The van der Waals surface area contributed by atoms with Gasteiger partial charge in [-0.2, -0.15) is 0 Å². The van der Waals surface area contributed by atoms with Crippen LogP contribution in [0.15, 0.2) is 65.6 Å². The topological polar surface area (TPSA) is 98.5 Å². The van der Waals surface area contributed by atoms with Crippen molar-refractivity contribution >= 4 is 33.2 Å². The third kappa shape index (κ3) is 5.64. The van der Waals surface area contributed by atoms with Crippen molar-refractivity contribution in [1.82, 2.24) is 0 Å². The number of nitrogens with one attached hydrogen (secondary N) is 1. The van der Waals surface area contributed by atoms with Crippen molar-refractivity contribution in [2.75, 3.05) is 5.32 Å². The Hall–Kier alpha value is -2.94. The zero-order chi connectivity index (χ0) is 23.5. The van der Waals surface area contributed by atoms with E-state index in [1.54, 1.807) is 44.2 Å². The highest BCUT2D eigenvalue weighted by Gasteiger charge is 2.21. The molecule has 32 heavy (non-hydrogen) atoms. The maximum Gasteiger partial charge on any atom is 0.238 e. The third-order valence-electron chi connectivity index (χ3n) is 4.50. The minimum absolute atomic E-state index is 0.00462. The molecule has 0 unspecified atom stereocenters. The van der Waals surface area contributed by atoms with Gasteiger partial charge in [0.25, 0.3) is 0 Å². The minimum atomic E-state index is -4.24. The molecule has 0 aliphatic heterocycles. The summed E-state index contributed by atoms with van der Waals surface area (Å²) >= 11 is 6.08. The van der Waals surface area contributed by atoms with Gasteiger partial charge in [0.05, 0.1) is 17.4 Å². The van der Waals surface area contributed by atoms with Crippen LogP contribution in [0.5, 0.6) is 5.75 Å². The number of rotatable bonds is 7. The highest BCUT2D eigenvalue weighted by atomic mass is 35.5. The molecule has 0 spiro atoms. The van der Waals surface area contributed by atoms with E-state index in [1.807, 2.05) is 0 Å². The van der Waals surface area contributed by atoms with Crippen LogP contribution >= 0.6 is 11.6 Å². The summed E-state index contributed by atoms with van der Waals surface area (Å²) in [4.78, 5) is 12.1. The van der Waals surface area contributed by atoms with Crippen LogP contribution in [-0.4, -0.2) is 20.4 Å². The number of sulfonamides is 1. The monoisotopic (exact) mass is 476 g/mol. The third-order valence-corrected chi connectivity index (χ3v) is 5.82. The molecule has 3 aromatic rings. The summed E-state index contributed by atoms with van der Waals surface area (Å²) in [6, 6.07) is 15.4. The second-order valence-electron chi connectivity index (χ2n) is 7.36. The first-order valence-corrected chi connectivity index (χ1v) is 11.6. The maximum absolute atomic E-state index is 15.0. The van der Waals surface area contributed by atoms with Crippen LogP contribution < -0.4 is 15.2 Å². The van der Waals surface area contributed by atoms with Gasteiger partial charge in [0.15, 0.2) is 11.6 Å². The molecule has 0 heterocycles. The van der Waals surface area contributed by atoms with Gasteiger partial charge in [0.2, 0.25) is 15.9 Å². The number of benzene rings is 3. The molecule has 0 saturated carbocycles. The predicted molar refractivity (Wildman–Crippen MR) is 123 cm³/mol. The number of anilines is 1. The molecular weight excluding hydrogens is 455 g/mol. The van der Waals surface area contributed by atoms with Crippen LogP contribution in [0.4, 0.5) is 10.1 Å². The van der Waals surface area contributed by atoms with Gasteiger partial charge in [-0.05, 0) is 43.7 Å². The van der Waals surface area contributed by atoms with Gasteiger partial charge >= 0.3 is 0 Å². The molecule has 0 aliphatic rings. The molecule has 1 amide bonds. The first kappa shape index (κ1) is 23.7. The number of primary sulfonamides is 1. The maximum atomic E-state index is 15.0. The van der Waals surface area contributed by atoms with Gasteiger partial charge in [-0.3, -0.25) is 4.79 Å². The molecule has 0 fully saturated rings. The summed E-state index contributed by atoms with van der Waals surface area (Å²) in [6.45, 7) is 3.50. The number of halogens is 2. The van der Waals surface area contributed by atoms with Crippen molar-refractivity contribution in [2.24, 2.45) is 5.14 Å². The summed E-state index contributed by atoms with van der Waals surface area (Å²) in [6.07, 6.45) is -0.275. The summed E-state index contributed by atoms with van der Waals surface area (Å²) < 4.78 is 45.0. The molecule has 0 aliphatic carbocycles. The van der Waals surface area contributed by atoms with E-state index in [0.717, 1.165) is 0 Å². The number of amides is 1. The Bertz CT molecular complexity index is 1260. The SMILES string of the molecule is CC(C)Oc1cccc(-c2ccc(NC(=O)Cc3ccccc3Cl)cc2S(N)(=O)=O)c1F. The molecule has 0 atom stereocenters. The second kappa shape index (κ2) is 9.68. The van der Waals surface area contributed by atoms with Crippen LogP contribution in [0.2, 0.25) is 5.02 Å². The fourth-order valence-electron chi connectivity index (χ4n) is 3.14. The van der Waals surface area contributed by atoms with Crippen LogP contribution in [-0.2, 0) is 21.2 Å². The van der Waals surface area contributed by atoms with Crippen LogP contribution in [0, 0.1) is 5.82 Å². The van der Waals surface area contributed by atoms with Gasteiger partial charge < -0.3 is 10.1 Å². The number of carbonyl (C=O) groups excluding carboxylic acids is 1. The lowest BCUT2D eigenvalue weighted by atomic mass is 10.0. The Balaban J connectivity index is 1.96.